The molecule has 11 nitrogen and oxygen atoms in total. The topological polar surface area (TPSA) is 114 Å². The second-order valence-corrected chi connectivity index (χ2v) is 13.3. The van der Waals surface area contributed by atoms with Crippen LogP contribution in [0, 0.1) is 5.41 Å². The van der Waals surface area contributed by atoms with Crippen LogP contribution in [-0.4, -0.2) is 77.8 Å². The van der Waals surface area contributed by atoms with Gasteiger partial charge < -0.3 is 34.5 Å². The lowest BCUT2D eigenvalue weighted by Crippen LogP contribution is -2.46. The first-order chi connectivity index (χ1) is 23.1. The van der Waals surface area contributed by atoms with Gasteiger partial charge in [-0.25, -0.2) is 14.8 Å². The highest BCUT2D eigenvalue weighted by Crippen LogP contribution is 2.45. The van der Waals surface area contributed by atoms with Gasteiger partial charge in [-0.1, -0.05) is 24.8 Å². The van der Waals surface area contributed by atoms with Crippen molar-refractivity contribution in [1.29, 1.82) is 0 Å². The third-order valence-corrected chi connectivity index (χ3v) is 9.72. The highest BCUT2D eigenvalue weighted by Gasteiger charge is 2.37. The number of likely N-dealkylation sites (tertiary alicyclic amines) is 1. The maximum atomic E-state index is 13.2. The van der Waals surface area contributed by atoms with E-state index in [1.165, 1.54) is 25.1 Å². The molecule has 0 aliphatic carbocycles. The van der Waals surface area contributed by atoms with Gasteiger partial charge in [-0.05, 0) is 83.3 Å². The van der Waals surface area contributed by atoms with Crippen LogP contribution >= 0.6 is 0 Å². The summed E-state index contributed by atoms with van der Waals surface area (Å²) in [5, 5.41) is 7.26. The number of rotatable bonds is 9. The Morgan fingerprint density at radius 1 is 1.02 bits per heavy atom. The first-order valence-corrected chi connectivity index (χ1v) is 16.6. The van der Waals surface area contributed by atoms with Gasteiger partial charge >= 0.3 is 5.97 Å². The van der Waals surface area contributed by atoms with Crippen LogP contribution in [0.1, 0.15) is 49.9 Å². The fraction of sp³-hybridized carbons (Fsp3) is 0.405. The standard InChI is InChI=1S/C37H45N7O4/c1-7-33(45)39-28-20-29(32(47-6)21-31(28)44-18-14-37(15-19-44)12-16-42(4)17-13-37)40-36-38-22-26(35(46)48-24(2)3)34(41-36)27-23-43(5)30-11-9-8-10-25(27)30/h7-11,20-24H,1,12-19H2,2-6H3,(H,39,45)(H,38,40,41). The number of ether oxygens (including phenoxy) is 2. The molecule has 4 aromatic rings. The van der Waals surface area contributed by atoms with Crippen LogP contribution in [0.5, 0.6) is 5.75 Å². The van der Waals surface area contributed by atoms with E-state index in [4.69, 9.17) is 14.5 Å². The molecule has 48 heavy (non-hydrogen) atoms. The van der Waals surface area contributed by atoms with E-state index in [0.717, 1.165) is 61.2 Å². The number of aryl methyl sites for hydroxylation is 1. The molecular weight excluding hydrogens is 606 g/mol. The second-order valence-electron chi connectivity index (χ2n) is 13.3. The van der Waals surface area contributed by atoms with Gasteiger partial charge in [0.15, 0.2) is 0 Å². The SMILES string of the molecule is C=CC(=O)Nc1cc(Nc2ncc(C(=O)OC(C)C)c(-c3cn(C)c4ccccc34)n2)c(OC)cc1N1CCC2(CCN(C)CC2)CC1. The van der Waals surface area contributed by atoms with Crippen molar-refractivity contribution in [3.8, 4) is 17.0 Å². The van der Waals surface area contributed by atoms with E-state index in [0.29, 0.717) is 28.2 Å². The minimum atomic E-state index is -0.501. The number of fused-ring (bicyclic) bond motifs is 1. The van der Waals surface area contributed by atoms with Crippen molar-refractivity contribution < 1.29 is 19.1 Å². The molecule has 0 radical (unpaired) electrons. The van der Waals surface area contributed by atoms with Gasteiger partial charge in [0.25, 0.3) is 0 Å². The average Bonchev–Trinajstić information content (AvgIpc) is 3.42. The van der Waals surface area contributed by atoms with Crippen molar-refractivity contribution in [2.75, 3.05) is 55.9 Å². The lowest BCUT2D eigenvalue weighted by Gasteiger charge is -2.47. The Balaban J connectivity index is 1.36. The van der Waals surface area contributed by atoms with Crippen molar-refractivity contribution in [2.24, 2.45) is 12.5 Å². The van der Waals surface area contributed by atoms with Crippen molar-refractivity contribution >= 4 is 45.8 Å². The molecule has 1 spiro atoms. The van der Waals surface area contributed by atoms with Crippen LogP contribution in [0.3, 0.4) is 0 Å². The normalized spacial score (nSPS) is 16.2. The molecule has 4 heterocycles. The number of para-hydroxylation sites is 1. The van der Waals surface area contributed by atoms with Crippen LogP contribution in [0.2, 0.25) is 0 Å². The number of hydrogen-bond acceptors (Lipinski definition) is 9. The predicted molar refractivity (Wildman–Crippen MR) is 190 cm³/mol. The minimum Gasteiger partial charge on any atom is -0.494 e. The number of esters is 1. The fourth-order valence-electron chi connectivity index (χ4n) is 6.92. The highest BCUT2D eigenvalue weighted by atomic mass is 16.5. The summed E-state index contributed by atoms with van der Waals surface area (Å²) in [4.78, 5) is 40.0. The number of amides is 1. The number of hydrogen-bond donors (Lipinski definition) is 2. The van der Waals surface area contributed by atoms with Gasteiger partial charge in [0.2, 0.25) is 11.9 Å². The van der Waals surface area contributed by atoms with E-state index in [9.17, 15) is 9.59 Å². The highest BCUT2D eigenvalue weighted by molar-refractivity contribution is 6.04. The number of piperidine rings is 2. The molecule has 2 fully saturated rings. The number of benzene rings is 2. The molecule has 2 aromatic carbocycles. The van der Waals surface area contributed by atoms with Crippen LogP contribution < -0.4 is 20.3 Å². The lowest BCUT2D eigenvalue weighted by molar-refractivity contribution is -0.111. The molecule has 2 aromatic heterocycles. The molecule has 11 heteroatoms. The van der Waals surface area contributed by atoms with E-state index < -0.39 is 5.97 Å². The molecule has 2 aliphatic rings. The van der Waals surface area contributed by atoms with Crippen molar-refractivity contribution in [3.63, 3.8) is 0 Å². The van der Waals surface area contributed by atoms with Gasteiger partial charge in [-0.3, -0.25) is 4.79 Å². The molecule has 2 aliphatic heterocycles. The van der Waals surface area contributed by atoms with Crippen molar-refractivity contribution in [2.45, 2.75) is 45.6 Å². The summed E-state index contributed by atoms with van der Waals surface area (Å²) in [6.07, 6.45) is 9.05. The zero-order valence-corrected chi connectivity index (χ0v) is 28.5. The van der Waals surface area contributed by atoms with Gasteiger partial charge in [0.1, 0.15) is 11.3 Å². The smallest absolute Gasteiger partial charge is 0.342 e. The summed E-state index contributed by atoms with van der Waals surface area (Å²) in [6, 6.07) is 11.8. The first kappa shape index (κ1) is 33.0. The number of aromatic nitrogens is 3. The number of carbonyl (C=O) groups excluding carboxylic acids is 2. The van der Waals surface area contributed by atoms with Gasteiger partial charge in [-0.2, -0.15) is 0 Å². The van der Waals surface area contributed by atoms with Gasteiger partial charge in [0, 0.05) is 55.1 Å². The zero-order valence-electron chi connectivity index (χ0n) is 28.5. The van der Waals surface area contributed by atoms with Crippen molar-refractivity contribution in [1.82, 2.24) is 19.4 Å². The van der Waals surface area contributed by atoms with Gasteiger partial charge in [-0.15, -0.1) is 0 Å². The lowest BCUT2D eigenvalue weighted by atomic mass is 9.71. The Bertz CT molecular complexity index is 1830. The molecule has 252 valence electrons. The average molecular weight is 652 g/mol. The van der Waals surface area contributed by atoms with Crippen LogP contribution in [-0.2, 0) is 16.6 Å². The van der Waals surface area contributed by atoms with E-state index in [1.54, 1.807) is 7.11 Å². The monoisotopic (exact) mass is 651 g/mol. The van der Waals surface area contributed by atoms with Crippen molar-refractivity contribution in [3.05, 3.63) is 67.0 Å². The molecule has 0 saturated carbocycles. The number of methoxy groups -OCH3 is 1. The maximum Gasteiger partial charge on any atom is 0.342 e. The van der Waals surface area contributed by atoms with Crippen LogP contribution in [0.25, 0.3) is 22.2 Å². The Morgan fingerprint density at radius 3 is 2.42 bits per heavy atom. The first-order valence-electron chi connectivity index (χ1n) is 16.6. The molecule has 1 amide bonds. The Labute approximate surface area is 281 Å². The number of nitrogens with one attached hydrogen (secondary N) is 2. The second kappa shape index (κ2) is 13.7. The third-order valence-electron chi connectivity index (χ3n) is 9.72. The summed E-state index contributed by atoms with van der Waals surface area (Å²) in [7, 11) is 5.77. The van der Waals surface area contributed by atoms with E-state index in [2.05, 4.69) is 39.0 Å². The summed E-state index contributed by atoms with van der Waals surface area (Å²) in [5.41, 5.74) is 4.96. The van der Waals surface area contributed by atoms with Gasteiger partial charge in [0.05, 0.1) is 36.0 Å². The number of carbonyl (C=O) groups is 2. The minimum absolute atomic E-state index is 0.258. The fourth-order valence-corrected chi connectivity index (χ4v) is 6.92. The Kier molecular flexibility index (Phi) is 9.41. The molecule has 2 saturated heterocycles. The molecule has 0 unspecified atom stereocenters. The summed E-state index contributed by atoms with van der Waals surface area (Å²) >= 11 is 0. The maximum absolute atomic E-state index is 13.2. The molecule has 6 rings (SSSR count). The molecule has 2 N–H and O–H groups in total. The quantitative estimate of drug-likeness (QED) is 0.157. The third kappa shape index (κ3) is 6.73. The summed E-state index contributed by atoms with van der Waals surface area (Å²) in [5.74, 6) is 0.0196. The molecule has 0 atom stereocenters. The van der Waals surface area contributed by atoms with E-state index in [-0.39, 0.29) is 23.5 Å². The van der Waals surface area contributed by atoms with Crippen LogP contribution in [0.4, 0.5) is 23.0 Å². The Morgan fingerprint density at radius 2 is 1.73 bits per heavy atom. The number of anilines is 4. The van der Waals surface area contributed by atoms with Crippen LogP contribution in [0.15, 0.2) is 61.4 Å². The Hall–Kier alpha value is -4.90. The van der Waals surface area contributed by atoms with E-state index >= 15 is 0 Å². The van der Waals surface area contributed by atoms with E-state index in [1.807, 2.05) is 68.1 Å². The summed E-state index contributed by atoms with van der Waals surface area (Å²) in [6.45, 7) is 11.3. The zero-order chi connectivity index (χ0) is 34.0. The summed E-state index contributed by atoms with van der Waals surface area (Å²) < 4.78 is 13.4. The molecular formula is C37H45N7O4. The largest absolute Gasteiger partial charge is 0.494 e. The molecule has 0 bridgehead atoms. The predicted octanol–water partition coefficient (Wildman–Crippen LogP) is 6.39. The number of nitrogens with zero attached hydrogens (tertiary/aromatic N) is 5.